The van der Waals surface area contributed by atoms with Crippen molar-refractivity contribution in [2.45, 2.75) is 18.9 Å². The molecule has 1 aliphatic heterocycles. The van der Waals surface area contributed by atoms with Crippen LogP contribution in [0.25, 0.3) is 0 Å². The Kier molecular flexibility index (Phi) is 22.4. The van der Waals surface area contributed by atoms with Crippen LogP contribution in [0, 0.1) is 0 Å². The number of ether oxygens (including phenoxy) is 8. The molecule has 31 heavy (non-hydrogen) atoms. The molecule has 0 radical (unpaired) electrons. The van der Waals surface area contributed by atoms with E-state index in [1.54, 1.807) is 0 Å². The second kappa shape index (κ2) is 24.2. The van der Waals surface area contributed by atoms with E-state index in [1.165, 1.54) is 0 Å². The Morgan fingerprint density at radius 2 is 0.806 bits per heavy atom. The fourth-order valence-corrected chi connectivity index (χ4v) is 2.74. The van der Waals surface area contributed by atoms with Crippen molar-refractivity contribution in [3.05, 3.63) is 0 Å². The highest BCUT2D eigenvalue weighted by molar-refractivity contribution is 4.67. The van der Waals surface area contributed by atoms with E-state index in [9.17, 15) is 0 Å². The van der Waals surface area contributed by atoms with Crippen LogP contribution in [0.2, 0.25) is 0 Å². The van der Waals surface area contributed by atoms with Gasteiger partial charge in [0.05, 0.1) is 105 Å². The predicted molar refractivity (Wildman–Crippen MR) is 117 cm³/mol. The van der Waals surface area contributed by atoms with Gasteiger partial charge in [-0.3, -0.25) is 0 Å². The first kappa shape index (κ1) is 28.6. The van der Waals surface area contributed by atoms with E-state index in [1.807, 2.05) is 0 Å². The average Bonchev–Trinajstić information content (AvgIpc) is 2.80. The van der Waals surface area contributed by atoms with Crippen molar-refractivity contribution < 1.29 is 37.9 Å². The van der Waals surface area contributed by atoms with Gasteiger partial charge < -0.3 is 48.9 Å². The minimum absolute atomic E-state index is 0.381. The molecule has 0 atom stereocenters. The van der Waals surface area contributed by atoms with Crippen molar-refractivity contribution in [2.75, 3.05) is 119 Å². The molecule has 0 aliphatic carbocycles. The Morgan fingerprint density at radius 1 is 0.484 bits per heavy atom. The molecular formula is C21H44N2O8. The van der Waals surface area contributed by atoms with Crippen LogP contribution in [0.1, 0.15) is 12.8 Å². The first-order valence-electron chi connectivity index (χ1n) is 11.5. The number of hydrogen-bond acceptors (Lipinski definition) is 10. The number of nitrogens with two attached hydrogens (primary N) is 1. The molecule has 0 saturated carbocycles. The van der Waals surface area contributed by atoms with Gasteiger partial charge in [0.15, 0.2) is 0 Å². The SMILES string of the molecule is NCCOCCOCCOCCOCCOCCOCCOCCOC1CCNCC1. The summed E-state index contributed by atoms with van der Waals surface area (Å²) < 4.78 is 43.6. The molecule has 10 nitrogen and oxygen atoms in total. The number of hydrogen-bond donors (Lipinski definition) is 2. The molecule has 0 spiro atoms. The second-order valence-electron chi connectivity index (χ2n) is 6.90. The van der Waals surface area contributed by atoms with Crippen LogP contribution in [-0.4, -0.2) is 125 Å². The van der Waals surface area contributed by atoms with E-state index in [0.29, 0.717) is 112 Å². The Morgan fingerprint density at radius 3 is 1.16 bits per heavy atom. The summed E-state index contributed by atoms with van der Waals surface area (Å²) in [7, 11) is 0. The zero-order valence-electron chi connectivity index (χ0n) is 19.1. The molecule has 1 rings (SSSR count). The molecule has 0 aromatic carbocycles. The molecule has 0 amide bonds. The fraction of sp³-hybridized carbons (Fsp3) is 1.00. The van der Waals surface area contributed by atoms with Crippen molar-refractivity contribution in [3.8, 4) is 0 Å². The number of piperidine rings is 1. The lowest BCUT2D eigenvalue weighted by molar-refractivity contribution is -0.0313. The summed E-state index contributed by atoms with van der Waals surface area (Å²) >= 11 is 0. The van der Waals surface area contributed by atoms with Crippen LogP contribution in [-0.2, 0) is 37.9 Å². The summed E-state index contributed by atoms with van der Waals surface area (Å²) in [5.74, 6) is 0. The maximum Gasteiger partial charge on any atom is 0.0704 e. The molecule has 0 aromatic heterocycles. The smallest absolute Gasteiger partial charge is 0.0704 e. The Balaban J connectivity index is 1.62. The van der Waals surface area contributed by atoms with Gasteiger partial charge in [-0.05, 0) is 25.9 Å². The summed E-state index contributed by atoms with van der Waals surface area (Å²) in [6.45, 7) is 11.1. The number of rotatable bonds is 24. The lowest BCUT2D eigenvalue weighted by Gasteiger charge is -2.22. The molecule has 1 aliphatic rings. The van der Waals surface area contributed by atoms with Gasteiger partial charge in [-0.2, -0.15) is 0 Å². The molecule has 0 aromatic rings. The van der Waals surface area contributed by atoms with E-state index < -0.39 is 0 Å². The largest absolute Gasteiger partial charge is 0.378 e. The van der Waals surface area contributed by atoms with Gasteiger partial charge in [-0.15, -0.1) is 0 Å². The first-order chi connectivity index (χ1) is 15.4. The van der Waals surface area contributed by atoms with Crippen molar-refractivity contribution in [1.29, 1.82) is 0 Å². The van der Waals surface area contributed by atoms with Crippen LogP contribution in [0.4, 0.5) is 0 Å². The third-order valence-corrected chi connectivity index (χ3v) is 4.36. The lowest BCUT2D eigenvalue weighted by atomic mass is 10.1. The third kappa shape index (κ3) is 21.2. The summed E-state index contributed by atoms with van der Waals surface area (Å²) in [6.07, 6.45) is 2.56. The summed E-state index contributed by atoms with van der Waals surface area (Å²) in [5.41, 5.74) is 5.31. The van der Waals surface area contributed by atoms with Crippen LogP contribution >= 0.6 is 0 Å². The normalized spacial score (nSPS) is 15.0. The third-order valence-electron chi connectivity index (χ3n) is 4.36. The van der Waals surface area contributed by atoms with Gasteiger partial charge in [0.1, 0.15) is 0 Å². The highest BCUT2D eigenvalue weighted by atomic mass is 16.6. The maximum absolute atomic E-state index is 5.77. The van der Waals surface area contributed by atoms with Crippen LogP contribution in [0.3, 0.4) is 0 Å². The Hall–Kier alpha value is -0.400. The van der Waals surface area contributed by atoms with Crippen LogP contribution in [0.15, 0.2) is 0 Å². The highest BCUT2D eigenvalue weighted by Crippen LogP contribution is 2.06. The zero-order valence-corrected chi connectivity index (χ0v) is 19.1. The monoisotopic (exact) mass is 452 g/mol. The average molecular weight is 453 g/mol. The highest BCUT2D eigenvalue weighted by Gasteiger charge is 2.12. The van der Waals surface area contributed by atoms with Crippen molar-refractivity contribution >= 4 is 0 Å². The molecule has 3 N–H and O–H groups in total. The summed E-state index contributed by atoms with van der Waals surface area (Å²) in [5, 5.41) is 3.32. The molecule has 1 heterocycles. The lowest BCUT2D eigenvalue weighted by Crippen LogP contribution is -2.33. The van der Waals surface area contributed by atoms with Gasteiger partial charge in [-0.25, -0.2) is 0 Å². The molecule has 1 fully saturated rings. The first-order valence-corrected chi connectivity index (χ1v) is 11.5. The summed E-state index contributed by atoms with van der Waals surface area (Å²) in [4.78, 5) is 0. The van der Waals surface area contributed by atoms with Crippen LogP contribution in [0.5, 0.6) is 0 Å². The van der Waals surface area contributed by atoms with E-state index in [-0.39, 0.29) is 0 Å². The van der Waals surface area contributed by atoms with E-state index in [0.717, 1.165) is 25.9 Å². The topological polar surface area (TPSA) is 112 Å². The van der Waals surface area contributed by atoms with Crippen molar-refractivity contribution in [1.82, 2.24) is 5.32 Å². The minimum Gasteiger partial charge on any atom is -0.378 e. The Bertz CT molecular complexity index is 349. The van der Waals surface area contributed by atoms with E-state index >= 15 is 0 Å². The second-order valence-corrected chi connectivity index (χ2v) is 6.90. The molecule has 1 saturated heterocycles. The molecular weight excluding hydrogens is 408 g/mol. The summed E-state index contributed by atoms with van der Waals surface area (Å²) in [6, 6.07) is 0. The molecule has 0 bridgehead atoms. The Labute approximate surface area is 187 Å². The van der Waals surface area contributed by atoms with Gasteiger partial charge in [0.25, 0.3) is 0 Å². The quantitative estimate of drug-likeness (QED) is 0.191. The zero-order chi connectivity index (χ0) is 22.1. The molecule has 10 heteroatoms. The van der Waals surface area contributed by atoms with Gasteiger partial charge in [-0.1, -0.05) is 0 Å². The minimum atomic E-state index is 0.381. The predicted octanol–water partition coefficient (Wildman–Crippen LogP) is -0.170. The molecule has 0 unspecified atom stereocenters. The van der Waals surface area contributed by atoms with Gasteiger partial charge in [0, 0.05) is 6.54 Å². The maximum atomic E-state index is 5.77. The molecule has 186 valence electrons. The van der Waals surface area contributed by atoms with E-state index in [2.05, 4.69) is 5.32 Å². The standard InChI is InChI=1S/C21H44N2O8/c22-3-6-24-7-8-25-9-10-26-11-12-27-13-14-28-15-16-29-17-18-30-19-20-31-21-1-4-23-5-2-21/h21,23H,1-20,22H2. The van der Waals surface area contributed by atoms with E-state index in [4.69, 9.17) is 43.6 Å². The van der Waals surface area contributed by atoms with Crippen molar-refractivity contribution in [2.24, 2.45) is 5.73 Å². The number of nitrogens with one attached hydrogen (secondary N) is 1. The van der Waals surface area contributed by atoms with Gasteiger partial charge >= 0.3 is 0 Å². The van der Waals surface area contributed by atoms with Crippen molar-refractivity contribution in [3.63, 3.8) is 0 Å². The van der Waals surface area contributed by atoms with Gasteiger partial charge in [0.2, 0.25) is 0 Å². The van der Waals surface area contributed by atoms with Crippen LogP contribution < -0.4 is 11.1 Å². The fourth-order valence-electron chi connectivity index (χ4n) is 2.74.